The first-order valence-corrected chi connectivity index (χ1v) is 5.96. The van der Waals surface area contributed by atoms with Crippen LogP contribution in [0.15, 0.2) is 29.2 Å². The van der Waals surface area contributed by atoms with E-state index in [0.717, 1.165) is 11.5 Å². The van der Waals surface area contributed by atoms with Crippen LogP contribution in [-0.2, 0) is 6.42 Å². The van der Waals surface area contributed by atoms with Crippen LogP contribution in [0.4, 0.5) is 0 Å². The first-order chi connectivity index (χ1) is 6.88. The lowest BCUT2D eigenvalue weighted by Gasteiger charge is -2.00. The van der Waals surface area contributed by atoms with Crippen molar-refractivity contribution in [1.29, 1.82) is 5.26 Å². The van der Waals surface area contributed by atoms with Crippen LogP contribution in [0.25, 0.3) is 0 Å². The van der Waals surface area contributed by atoms with Crippen LogP contribution < -0.4 is 0 Å². The molecule has 0 amide bonds. The average Bonchev–Trinajstić information content (AvgIpc) is 3.01. The molecule has 0 saturated heterocycles. The van der Waals surface area contributed by atoms with Gasteiger partial charge in [0.1, 0.15) is 0 Å². The lowest BCUT2D eigenvalue weighted by atomic mass is 10.2. The Morgan fingerprint density at radius 2 is 2.00 bits per heavy atom. The van der Waals surface area contributed by atoms with Crippen molar-refractivity contribution in [2.24, 2.45) is 5.92 Å². The van der Waals surface area contributed by atoms with Gasteiger partial charge in [-0.1, -0.05) is 12.1 Å². The third kappa shape index (κ3) is 2.78. The van der Waals surface area contributed by atoms with Crippen molar-refractivity contribution in [3.8, 4) is 6.07 Å². The predicted octanol–water partition coefficient (Wildman–Crippen LogP) is 3.25. The maximum atomic E-state index is 8.52. The molecule has 0 atom stereocenters. The Kier molecular flexibility index (Phi) is 3.10. The van der Waals surface area contributed by atoms with Gasteiger partial charge in [0, 0.05) is 10.6 Å². The highest BCUT2D eigenvalue weighted by atomic mass is 32.2. The number of nitriles is 1. The van der Waals surface area contributed by atoms with Crippen LogP contribution in [0.3, 0.4) is 0 Å². The van der Waals surface area contributed by atoms with Crippen LogP contribution in [0.5, 0.6) is 0 Å². The molecule has 2 heteroatoms. The molecule has 1 aromatic carbocycles. The zero-order valence-corrected chi connectivity index (χ0v) is 8.89. The summed E-state index contributed by atoms with van der Waals surface area (Å²) >= 11 is 1.93. The molecule has 1 saturated carbocycles. The topological polar surface area (TPSA) is 23.8 Å². The molecule has 1 aliphatic rings. The summed E-state index contributed by atoms with van der Waals surface area (Å²) in [5.41, 5.74) is 1.11. The Hall–Kier alpha value is -0.940. The fourth-order valence-electron chi connectivity index (χ4n) is 1.29. The van der Waals surface area contributed by atoms with E-state index in [9.17, 15) is 0 Å². The first kappa shape index (κ1) is 9.61. The van der Waals surface area contributed by atoms with Crippen molar-refractivity contribution >= 4 is 11.8 Å². The smallest absolute Gasteiger partial charge is 0.0669 e. The Morgan fingerprint density at radius 3 is 2.57 bits per heavy atom. The van der Waals surface area contributed by atoms with Gasteiger partial charge in [-0.15, -0.1) is 11.8 Å². The largest absolute Gasteiger partial charge is 0.198 e. The van der Waals surface area contributed by atoms with E-state index in [1.807, 2.05) is 11.8 Å². The summed E-state index contributed by atoms with van der Waals surface area (Å²) in [6.45, 7) is 0. The van der Waals surface area contributed by atoms with Crippen molar-refractivity contribution in [3.05, 3.63) is 29.8 Å². The number of hydrogen-bond donors (Lipinski definition) is 0. The highest BCUT2D eigenvalue weighted by Gasteiger charge is 2.20. The summed E-state index contributed by atoms with van der Waals surface area (Å²) in [5.74, 6) is 2.23. The lowest BCUT2D eigenvalue weighted by molar-refractivity contribution is 1.000. The van der Waals surface area contributed by atoms with E-state index in [0.29, 0.717) is 6.42 Å². The standard InChI is InChI=1S/C12H13NS/c13-8-7-10-3-5-12(6-4-10)14-9-11-1-2-11/h3-6,11H,1-2,7,9H2. The third-order valence-electron chi connectivity index (χ3n) is 2.39. The Labute approximate surface area is 89.1 Å². The molecule has 0 bridgehead atoms. The number of hydrogen-bond acceptors (Lipinski definition) is 2. The fraction of sp³-hybridized carbons (Fsp3) is 0.417. The van der Waals surface area contributed by atoms with E-state index in [2.05, 4.69) is 30.3 Å². The molecule has 0 spiro atoms. The molecule has 2 rings (SSSR count). The molecule has 1 nitrogen and oxygen atoms in total. The maximum absolute atomic E-state index is 8.52. The number of thioether (sulfide) groups is 1. The second-order valence-corrected chi connectivity index (χ2v) is 4.83. The Balaban J connectivity index is 1.88. The third-order valence-corrected chi connectivity index (χ3v) is 3.63. The quantitative estimate of drug-likeness (QED) is 0.701. The van der Waals surface area contributed by atoms with Gasteiger partial charge >= 0.3 is 0 Å². The molecule has 0 heterocycles. The minimum absolute atomic E-state index is 0.521. The van der Waals surface area contributed by atoms with Gasteiger partial charge in [0.15, 0.2) is 0 Å². The number of nitrogens with zero attached hydrogens (tertiary/aromatic N) is 1. The van der Waals surface area contributed by atoms with E-state index in [-0.39, 0.29) is 0 Å². The minimum Gasteiger partial charge on any atom is -0.198 e. The van der Waals surface area contributed by atoms with Crippen molar-refractivity contribution < 1.29 is 0 Å². The molecule has 0 aromatic heterocycles. The van der Waals surface area contributed by atoms with Gasteiger partial charge in [-0.25, -0.2) is 0 Å². The molecule has 14 heavy (non-hydrogen) atoms. The SMILES string of the molecule is N#CCc1ccc(SCC2CC2)cc1. The molecule has 1 fully saturated rings. The van der Waals surface area contributed by atoms with Crippen LogP contribution in [0.1, 0.15) is 18.4 Å². The Morgan fingerprint density at radius 1 is 1.29 bits per heavy atom. The molecular weight excluding hydrogens is 190 g/mol. The van der Waals surface area contributed by atoms with Crippen LogP contribution in [0.2, 0.25) is 0 Å². The monoisotopic (exact) mass is 203 g/mol. The molecule has 0 aliphatic heterocycles. The van der Waals surface area contributed by atoms with E-state index >= 15 is 0 Å². The second-order valence-electron chi connectivity index (χ2n) is 3.73. The minimum atomic E-state index is 0.521. The van der Waals surface area contributed by atoms with Crippen molar-refractivity contribution in [2.45, 2.75) is 24.2 Å². The zero-order valence-electron chi connectivity index (χ0n) is 8.07. The van der Waals surface area contributed by atoms with Gasteiger partial charge in [-0.2, -0.15) is 5.26 Å². The summed E-state index contributed by atoms with van der Waals surface area (Å²) in [6, 6.07) is 10.5. The van der Waals surface area contributed by atoms with Crippen LogP contribution in [0, 0.1) is 17.2 Å². The van der Waals surface area contributed by atoms with Crippen LogP contribution in [-0.4, -0.2) is 5.75 Å². The summed E-state index contributed by atoms with van der Waals surface area (Å²) in [4.78, 5) is 1.33. The van der Waals surface area contributed by atoms with Gasteiger partial charge in [-0.05, 0) is 36.5 Å². The summed E-state index contributed by atoms with van der Waals surface area (Å²) in [6.07, 6.45) is 3.35. The summed E-state index contributed by atoms with van der Waals surface area (Å²) < 4.78 is 0. The molecule has 0 unspecified atom stereocenters. The summed E-state index contributed by atoms with van der Waals surface area (Å²) in [5, 5.41) is 8.52. The summed E-state index contributed by atoms with van der Waals surface area (Å²) in [7, 11) is 0. The molecule has 0 radical (unpaired) electrons. The molecular formula is C12H13NS. The molecule has 72 valence electrons. The normalized spacial score (nSPS) is 15.1. The van der Waals surface area contributed by atoms with Gasteiger partial charge in [0.25, 0.3) is 0 Å². The van der Waals surface area contributed by atoms with E-state index in [1.165, 1.54) is 23.5 Å². The van der Waals surface area contributed by atoms with Gasteiger partial charge in [0.2, 0.25) is 0 Å². The van der Waals surface area contributed by atoms with Gasteiger partial charge < -0.3 is 0 Å². The van der Waals surface area contributed by atoms with E-state index in [4.69, 9.17) is 5.26 Å². The van der Waals surface area contributed by atoms with Gasteiger partial charge in [-0.3, -0.25) is 0 Å². The number of rotatable bonds is 4. The molecule has 0 N–H and O–H groups in total. The van der Waals surface area contributed by atoms with Gasteiger partial charge in [0.05, 0.1) is 12.5 Å². The highest BCUT2D eigenvalue weighted by molar-refractivity contribution is 7.99. The van der Waals surface area contributed by atoms with E-state index in [1.54, 1.807) is 0 Å². The highest BCUT2D eigenvalue weighted by Crippen LogP contribution is 2.34. The van der Waals surface area contributed by atoms with E-state index < -0.39 is 0 Å². The lowest BCUT2D eigenvalue weighted by Crippen LogP contribution is -1.83. The maximum Gasteiger partial charge on any atom is 0.0669 e. The van der Waals surface area contributed by atoms with Crippen molar-refractivity contribution in [1.82, 2.24) is 0 Å². The Bertz CT molecular complexity index is 332. The predicted molar refractivity (Wildman–Crippen MR) is 59.2 cm³/mol. The number of benzene rings is 1. The second kappa shape index (κ2) is 4.52. The molecule has 1 aliphatic carbocycles. The van der Waals surface area contributed by atoms with Crippen molar-refractivity contribution in [2.75, 3.05) is 5.75 Å². The zero-order chi connectivity index (χ0) is 9.80. The molecule has 1 aromatic rings. The fourth-order valence-corrected chi connectivity index (χ4v) is 2.38. The first-order valence-electron chi connectivity index (χ1n) is 4.97. The van der Waals surface area contributed by atoms with Crippen LogP contribution >= 0.6 is 11.8 Å². The average molecular weight is 203 g/mol. The van der Waals surface area contributed by atoms with Crippen molar-refractivity contribution in [3.63, 3.8) is 0 Å².